The van der Waals surface area contributed by atoms with Crippen LogP contribution in [0.4, 0.5) is 5.69 Å². The Morgan fingerprint density at radius 1 is 1.08 bits per heavy atom. The lowest BCUT2D eigenvalue weighted by Gasteiger charge is -2.08. The summed E-state index contributed by atoms with van der Waals surface area (Å²) in [4.78, 5) is 23.4. The van der Waals surface area contributed by atoms with Crippen LogP contribution in [0.15, 0.2) is 48.5 Å². The fourth-order valence-corrected chi connectivity index (χ4v) is 2.45. The molecule has 1 N–H and O–H groups in total. The number of carbonyl (C=O) groups excluding carboxylic acids is 2. The molecule has 0 heterocycles. The van der Waals surface area contributed by atoms with Gasteiger partial charge in [0.25, 0.3) is 5.91 Å². The lowest BCUT2D eigenvalue weighted by Crippen LogP contribution is -2.21. The minimum absolute atomic E-state index is 0.0581. The van der Waals surface area contributed by atoms with Crippen molar-refractivity contribution in [2.24, 2.45) is 0 Å². The summed E-state index contributed by atoms with van der Waals surface area (Å²) in [5, 5.41) is 2.67. The predicted molar refractivity (Wildman–Crippen MR) is 102 cm³/mol. The highest BCUT2D eigenvalue weighted by Crippen LogP contribution is 2.17. The second-order valence-corrected chi connectivity index (χ2v) is 6.24. The number of amides is 1. The number of rotatable bonds is 8. The van der Waals surface area contributed by atoms with Crippen molar-refractivity contribution in [2.75, 3.05) is 25.6 Å². The van der Waals surface area contributed by atoms with Crippen LogP contribution in [-0.2, 0) is 14.3 Å². The van der Waals surface area contributed by atoms with Crippen LogP contribution < -0.4 is 14.8 Å². The molecule has 0 saturated heterocycles. The standard InChI is InChI=1S/C18H18INO5/c1-23-15-5-7-16(8-6-15)24-10-9-18(22)25-12-17(21)20-14-4-2-3-13(19)11-14/h2-8,11H,9-10,12H2,1H3,(H,20,21). The van der Waals surface area contributed by atoms with Crippen LogP contribution in [0.2, 0.25) is 0 Å². The zero-order valence-corrected chi connectivity index (χ0v) is 15.8. The predicted octanol–water partition coefficient (Wildman–Crippen LogP) is 3.25. The number of halogens is 1. The molecule has 0 atom stereocenters. The minimum atomic E-state index is -0.494. The van der Waals surface area contributed by atoms with Gasteiger partial charge < -0.3 is 19.5 Å². The summed E-state index contributed by atoms with van der Waals surface area (Å²) in [7, 11) is 1.58. The highest BCUT2D eigenvalue weighted by molar-refractivity contribution is 14.1. The Labute approximate surface area is 159 Å². The molecule has 2 aromatic carbocycles. The fraction of sp³-hybridized carbons (Fsp3) is 0.222. The maximum absolute atomic E-state index is 11.7. The monoisotopic (exact) mass is 455 g/mol. The molecule has 1 amide bonds. The summed E-state index contributed by atoms with van der Waals surface area (Å²) >= 11 is 2.15. The Balaban J connectivity index is 1.65. The van der Waals surface area contributed by atoms with Gasteiger partial charge in [-0.3, -0.25) is 9.59 Å². The lowest BCUT2D eigenvalue weighted by molar-refractivity contribution is -0.147. The van der Waals surface area contributed by atoms with Crippen molar-refractivity contribution >= 4 is 40.2 Å². The molecular formula is C18H18INO5. The number of nitrogens with one attached hydrogen (secondary N) is 1. The van der Waals surface area contributed by atoms with Crippen LogP contribution >= 0.6 is 22.6 Å². The van der Waals surface area contributed by atoms with Crippen molar-refractivity contribution in [3.8, 4) is 11.5 Å². The molecular weight excluding hydrogens is 437 g/mol. The van der Waals surface area contributed by atoms with Gasteiger partial charge in [-0.25, -0.2) is 0 Å². The van der Waals surface area contributed by atoms with Crippen LogP contribution in [0.3, 0.4) is 0 Å². The molecule has 0 aliphatic heterocycles. The molecule has 132 valence electrons. The summed E-state index contributed by atoms with van der Waals surface area (Å²) in [5.74, 6) is 0.480. The van der Waals surface area contributed by atoms with Crippen LogP contribution in [-0.4, -0.2) is 32.2 Å². The van der Waals surface area contributed by atoms with Crippen molar-refractivity contribution in [3.05, 3.63) is 52.1 Å². The molecule has 7 heteroatoms. The highest BCUT2D eigenvalue weighted by atomic mass is 127. The zero-order chi connectivity index (χ0) is 18.1. The molecule has 2 rings (SSSR count). The van der Waals surface area contributed by atoms with E-state index in [2.05, 4.69) is 27.9 Å². The molecule has 0 saturated carbocycles. The summed E-state index contributed by atoms with van der Waals surface area (Å²) < 4.78 is 16.4. The smallest absolute Gasteiger partial charge is 0.309 e. The van der Waals surface area contributed by atoms with Gasteiger partial charge in [0.15, 0.2) is 6.61 Å². The van der Waals surface area contributed by atoms with E-state index in [4.69, 9.17) is 14.2 Å². The first kappa shape index (κ1) is 19.0. The van der Waals surface area contributed by atoms with Gasteiger partial charge in [-0.1, -0.05) is 6.07 Å². The van der Waals surface area contributed by atoms with Crippen LogP contribution in [0.5, 0.6) is 11.5 Å². The summed E-state index contributed by atoms with van der Waals surface area (Å²) in [6.07, 6.45) is 0.0581. The van der Waals surface area contributed by atoms with Gasteiger partial charge in [0, 0.05) is 9.26 Å². The van der Waals surface area contributed by atoms with Crippen molar-refractivity contribution in [3.63, 3.8) is 0 Å². The largest absolute Gasteiger partial charge is 0.497 e. The Kier molecular flexibility index (Phi) is 7.52. The van der Waals surface area contributed by atoms with Crippen molar-refractivity contribution < 1.29 is 23.8 Å². The number of ether oxygens (including phenoxy) is 3. The molecule has 0 aliphatic rings. The third-order valence-corrected chi connectivity index (χ3v) is 3.78. The zero-order valence-electron chi connectivity index (χ0n) is 13.7. The molecule has 0 aliphatic carbocycles. The molecule has 0 aromatic heterocycles. The van der Waals surface area contributed by atoms with Crippen LogP contribution in [0.1, 0.15) is 6.42 Å². The average molecular weight is 455 g/mol. The number of esters is 1. The maximum atomic E-state index is 11.7. The topological polar surface area (TPSA) is 73.9 Å². The molecule has 0 spiro atoms. The van der Waals surface area contributed by atoms with Gasteiger partial charge in [0.05, 0.1) is 20.1 Å². The van der Waals surface area contributed by atoms with Crippen molar-refractivity contribution in [2.45, 2.75) is 6.42 Å². The number of benzene rings is 2. The van der Waals surface area contributed by atoms with E-state index in [-0.39, 0.29) is 25.5 Å². The molecule has 6 nitrogen and oxygen atoms in total. The fourth-order valence-electron chi connectivity index (χ4n) is 1.91. The molecule has 25 heavy (non-hydrogen) atoms. The number of methoxy groups -OCH3 is 1. The third-order valence-electron chi connectivity index (χ3n) is 3.11. The van der Waals surface area contributed by atoms with Gasteiger partial charge in [0.2, 0.25) is 0 Å². The first-order valence-electron chi connectivity index (χ1n) is 7.55. The third kappa shape index (κ3) is 7.00. The number of hydrogen-bond acceptors (Lipinski definition) is 5. The van der Waals surface area contributed by atoms with Gasteiger partial charge >= 0.3 is 5.97 Å². The normalized spacial score (nSPS) is 10.0. The van der Waals surface area contributed by atoms with E-state index >= 15 is 0 Å². The summed E-state index contributed by atoms with van der Waals surface area (Å²) in [6, 6.07) is 14.4. The Hall–Kier alpha value is -2.29. The molecule has 0 bridgehead atoms. The number of carbonyl (C=O) groups is 2. The SMILES string of the molecule is COc1ccc(OCCC(=O)OCC(=O)Nc2cccc(I)c2)cc1. The van der Waals surface area contributed by atoms with E-state index in [1.165, 1.54) is 0 Å². The second kappa shape index (κ2) is 9.87. The van der Waals surface area contributed by atoms with E-state index in [0.717, 1.165) is 9.32 Å². The Bertz CT molecular complexity index is 718. The van der Waals surface area contributed by atoms with Gasteiger partial charge in [0.1, 0.15) is 11.5 Å². The van der Waals surface area contributed by atoms with E-state index in [1.807, 2.05) is 18.2 Å². The highest BCUT2D eigenvalue weighted by Gasteiger charge is 2.08. The molecule has 0 radical (unpaired) electrons. The summed E-state index contributed by atoms with van der Waals surface area (Å²) in [5.41, 5.74) is 0.663. The van der Waals surface area contributed by atoms with E-state index in [9.17, 15) is 9.59 Å². The maximum Gasteiger partial charge on any atom is 0.309 e. The first-order valence-corrected chi connectivity index (χ1v) is 8.62. The Morgan fingerprint density at radius 2 is 1.80 bits per heavy atom. The first-order chi connectivity index (χ1) is 12.1. The van der Waals surface area contributed by atoms with Crippen molar-refractivity contribution in [1.29, 1.82) is 0 Å². The number of anilines is 1. The molecule has 0 fully saturated rings. The molecule has 0 unspecified atom stereocenters. The van der Waals surface area contributed by atoms with E-state index in [0.29, 0.717) is 11.4 Å². The minimum Gasteiger partial charge on any atom is -0.497 e. The lowest BCUT2D eigenvalue weighted by atomic mass is 10.3. The van der Waals surface area contributed by atoms with E-state index < -0.39 is 5.97 Å². The van der Waals surface area contributed by atoms with Crippen molar-refractivity contribution in [1.82, 2.24) is 0 Å². The number of hydrogen-bond donors (Lipinski definition) is 1. The summed E-state index contributed by atoms with van der Waals surface area (Å²) in [6.45, 7) is -0.156. The second-order valence-electron chi connectivity index (χ2n) is 4.99. The Morgan fingerprint density at radius 3 is 2.48 bits per heavy atom. The van der Waals surface area contributed by atoms with Gasteiger partial charge in [-0.15, -0.1) is 0 Å². The van der Waals surface area contributed by atoms with Crippen LogP contribution in [0.25, 0.3) is 0 Å². The average Bonchev–Trinajstić information content (AvgIpc) is 2.60. The van der Waals surface area contributed by atoms with E-state index in [1.54, 1.807) is 37.4 Å². The quantitative estimate of drug-likeness (QED) is 0.489. The van der Waals surface area contributed by atoms with Gasteiger partial charge in [-0.05, 0) is 65.1 Å². The molecule has 2 aromatic rings. The van der Waals surface area contributed by atoms with Crippen LogP contribution in [0, 0.1) is 3.57 Å². The van der Waals surface area contributed by atoms with Gasteiger partial charge in [-0.2, -0.15) is 0 Å².